The van der Waals surface area contributed by atoms with Gasteiger partial charge in [-0.2, -0.15) is 5.10 Å². The second-order valence-electron chi connectivity index (χ2n) is 3.64. The molecule has 1 amide bonds. The van der Waals surface area contributed by atoms with E-state index < -0.39 is 6.04 Å². The van der Waals surface area contributed by atoms with E-state index in [1.165, 1.54) is 0 Å². The van der Waals surface area contributed by atoms with Crippen LogP contribution in [-0.4, -0.2) is 22.1 Å². The Morgan fingerprint density at radius 3 is 2.64 bits per heavy atom. The minimum Gasteiger partial charge on any atom is -0.320 e. The minimum atomic E-state index is -0.519. The summed E-state index contributed by atoms with van der Waals surface area (Å²) in [6.45, 7) is 5.72. The highest BCUT2D eigenvalue weighted by Gasteiger charge is 2.10. The summed E-state index contributed by atoms with van der Waals surface area (Å²) < 4.78 is 0. The predicted molar refractivity (Wildman–Crippen MR) is 55.0 cm³/mol. The van der Waals surface area contributed by atoms with Crippen molar-refractivity contribution in [2.75, 3.05) is 5.32 Å². The van der Waals surface area contributed by atoms with Crippen LogP contribution in [0.3, 0.4) is 0 Å². The highest BCUT2D eigenvalue weighted by molar-refractivity contribution is 5.93. The molecule has 0 fully saturated rings. The van der Waals surface area contributed by atoms with Crippen molar-refractivity contribution in [3.05, 3.63) is 11.8 Å². The molecule has 0 saturated heterocycles. The van der Waals surface area contributed by atoms with Crippen LogP contribution in [0.2, 0.25) is 0 Å². The fourth-order valence-electron chi connectivity index (χ4n) is 0.936. The first kappa shape index (κ1) is 10.7. The van der Waals surface area contributed by atoms with Gasteiger partial charge in [-0.15, -0.1) is 0 Å². The van der Waals surface area contributed by atoms with Gasteiger partial charge in [-0.1, -0.05) is 13.8 Å². The van der Waals surface area contributed by atoms with E-state index in [2.05, 4.69) is 15.5 Å². The topological polar surface area (TPSA) is 83.8 Å². The molecule has 0 aliphatic rings. The molecule has 0 spiro atoms. The lowest BCUT2D eigenvalue weighted by molar-refractivity contribution is -0.117. The Labute approximate surface area is 83.1 Å². The summed E-state index contributed by atoms with van der Waals surface area (Å²) in [6, 6.07) is 1.29. The lowest BCUT2D eigenvalue weighted by atomic mass is 10.1. The van der Waals surface area contributed by atoms with Gasteiger partial charge in [0.1, 0.15) is 0 Å². The van der Waals surface area contributed by atoms with Crippen molar-refractivity contribution >= 4 is 11.7 Å². The molecule has 1 unspecified atom stereocenters. The second-order valence-corrected chi connectivity index (χ2v) is 3.64. The van der Waals surface area contributed by atoms with E-state index in [9.17, 15) is 4.79 Å². The number of hydrogen-bond acceptors (Lipinski definition) is 3. The Kier molecular flexibility index (Phi) is 3.24. The maximum Gasteiger partial charge on any atom is 0.242 e. The van der Waals surface area contributed by atoms with Crippen LogP contribution in [0.15, 0.2) is 6.07 Å². The highest BCUT2D eigenvalue weighted by Crippen LogP contribution is 2.14. The van der Waals surface area contributed by atoms with Crippen LogP contribution in [0.5, 0.6) is 0 Å². The quantitative estimate of drug-likeness (QED) is 0.669. The molecule has 5 heteroatoms. The molecule has 1 atom stereocenters. The standard InChI is InChI=1S/C9H16N4O/c1-5(2)7-4-8(13-12-7)11-9(14)6(3)10/h4-6H,10H2,1-3H3,(H2,11,12,13,14). The van der Waals surface area contributed by atoms with Crippen molar-refractivity contribution in [3.8, 4) is 0 Å². The summed E-state index contributed by atoms with van der Waals surface area (Å²) in [7, 11) is 0. The van der Waals surface area contributed by atoms with Crippen LogP contribution in [-0.2, 0) is 4.79 Å². The van der Waals surface area contributed by atoms with Crippen LogP contribution >= 0.6 is 0 Å². The van der Waals surface area contributed by atoms with Crippen LogP contribution < -0.4 is 11.1 Å². The minimum absolute atomic E-state index is 0.230. The van der Waals surface area contributed by atoms with Gasteiger partial charge in [0.25, 0.3) is 0 Å². The van der Waals surface area contributed by atoms with Crippen LogP contribution in [0, 0.1) is 0 Å². The first-order chi connectivity index (χ1) is 6.50. The molecule has 78 valence electrons. The van der Waals surface area contributed by atoms with Gasteiger partial charge in [0.15, 0.2) is 5.82 Å². The fourth-order valence-corrected chi connectivity index (χ4v) is 0.936. The summed E-state index contributed by atoms with van der Waals surface area (Å²) in [5.41, 5.74) is 6.39. The van der Waals surface area contributed by atoms with Crippen LogP contribution in [0.1, 0.15) is 32.4 Å². The van der Waals surface area contributed by atoms with E-state index in [-0.39, 0.29) is 5.91 Å². The number of amides is 1. The van der Waals surface area contributed by atoms with Crippen molar-refractivity contribution in [2.45, 2.75) is 32.7 Å². The number of nitrogens with zero attached hydrogens (tertiary/aromatic N) is 1. The van der Waals surface area contributed by atoms with Gasteiger partial charge in [0.05, 0.1) is 6.04 Å². The molecule has 14 heavy (non-hydrogen) atoms. The Morgan fingerprint density at radius 2 is 2.21 bits per heavy atom. The predicted octanol–water partition coefficient (Wildman–Crippen LogP) is 0.819. The number of aromatic nitrogens is 2. The fraction of sp³-hybridized carbons (Fsp3) is 0.556. The van der Waals surface area contributed by atoms with E-state index in [0.717, 1.165) is 5.69 Å². The molecule has 1 aromatic rings. The monoisotopic (exact) mass is 196 g/mol. The van der Waals surface area contributed by atoms with E-state index >= 15 is 0 Å². The van der Waals surface area contributed by atoms with Gasteiger partial charge in [-0.25, -0.2) is 0 Å². The third kappa shape index (κ3) is 2.56. The van der Waals surface area contributed by atoms with Crippen molar-refractivity contribution in [3.63, 3.8) is 0 Å². The normalized spacial score (nSPS) is 12.9. The highest BCUT2D eigenvalue weighted by atomic mass is 16.2. The summed E-state index contributed by atoms with van der Waals surface area (Å²) in [5, 5.41) is 9.40. The number of rotatable bonds is 3. The molecule has 0 bridgehead atoms. The summed E-state index contributed by atoms with van der Waals surface area (Å²) >= 11 is 0. The summed E-state index contributed by atoms with van der Waals surface area (Å²) in [5.74, 6) is 0.659. The number of H-pyrrole nitrogens is 1. The first-order valence-electron chi connectivity index (χ1n) is 4.62. The second kappa shape index (κ2) is 4.23. The summed E-state index contributed by atoms with van der Waals surface area (Å²) in [6.07, 6.45) is 0. The summed E-state index contributed by atoms with van der Waals surface area (Å²) in [4.78, 5) is 11.2. The smallest absolute Gasteiger partial charge is 0.242 e. The molecule has 5 nitrogen and oxygen atoms in total. The average Bonchev–Trinajstić information content (AvgIpc) is 2.52. The third-order valence-corrected chi connectivity index (χ3v) is 1.88. The first-order valence-corrected chi connectivity index (χ1v) is 4.62. The average molecular weight is 196 g/mol. The van der Waals surface area contributed by atoms with Gasteiger partial charge < -0.3 is 11.1 Å². The molecular formula is C9H16N4O. The van der Waals surface area contributed by atoms with Gasteiger partial charge in [0.2, 0.25) is 5.91 Å². The van der Waals surface area contributed by atoms with Crippen LogP contribution in [0.4, 0.5) is 5.82 Å². The van der Waals surface area contributed by atoms with E-state index in [4.69, 9.17) is 5.73 Å². The lowest BCUT2D eigenvalue weighted by Gasteiger charge is -2.03. The van der Waals surface area contributed by atoms with Crippen LogP contribution in [0.25, 0.3) is 0 Å². The number of nitrogens with one attached hydrogen (secondary N) is 2. The molecule has 0 aliphatic carbocycles. The number of nitrogens with two attached hydrogens (primary N) is 1. The lowest BCUT2D eigenvalue weighted by Crippen LogP contribution is -2.32. The van der Waals surface area contributed by atoms with Gasteiger partial charge >= 0.3 is 0 Å². The molecular weight excluding hydrogens is 180 g/mol. The zero-order valence-electron chi connectivity index (χ0n) is 8.66. The molecule has 1 heterocycles. The van der Waals surface area contributed by atoms with Crippen molar-refractivity contribution in [2.24, 2.45) is 5.73 Å². The number of anilines is 1. The zero-order valence-corrected chi connectivity index (χ0v) is 8.66. The molecule has 1 aromatic heterocycles. The van der Waals surface area contributed by atoms with Gasteiger partial charge in [-0.05, 0) is 12.8 Å². The Morgan fingerprint density at radius 1 is 1.57 bits per heavy atom. The maximum absolute atomic E-state index is 11.2. The maximum atomic E-state index is 11.2. The van der Waals surface area contributed by atoms with Gasteiger partial charge in [-0.3, -0.25) is 9.89 Å². The molecule has 1 rings (SSSR count). The molecule has 0 aliphatic heterocycles. The number of hydrogen-bond donors (Lipinski definition) is 3. The van der Waals surface area contributed by atoms with Crippen molar-refractivity contribution in [1.29, 1.82) is 0 Å². The molecule has 0 radical (unpaired) electrons. The van der Waals surface area contributed by atoms with E-state index in [1.807, 2.05) is 19.9 Å². The van der Waals surface area contributed by atoms with Crippen molar-refractivity contribution in [1.82, 2.24) is 10.2 Å². The Hall–Kier alpha value is -1.36. The van der Waals surface area contributed by atoms with Gasteiger partial charge in [0, 0.05) is 11.8 Å². The SMILES string of the molecule is CC(N)C(=O)Nc1cc(C(C)C)[nH]n1. The molecule has 0 saturated carbocycles. The Bertz CT molecular complexity index is 316. The molecule has 4 N–H and O–H groups in total. The third-order valence-electron chi connectivity index (χ3n) is 1.88. The largest absolute Gasteiger partial charge is 0.320 e. The Balaban J connectivity index is 2.64. The number of carbonyl (C=O) groups is 1. The van der Waals surface area contributed by atoms with Crippen molar-refractivity contribution < 1.29 is 4.79 Å². The zero-order chi connectivity index (χ0) is 10.7. The van der Waals surface area contributed by atoms with E-state index in [1.54, 1.807) is 6.92 Å². The number of aromatic amines is 1. The number of carbonyl (C=O) groups excluding carboxylic acids is 1. The van der Waals surface area contributed by atoms with E-state index in [0.29, 0.717) is 11.7 Å². The molecule has 0 aromatic carbocycles.